The molecule has 2 unspecified atom stereocenters. The zero-order valence-electron chi connectivity index (χ0n) is 54.6. The lowest BCUT2D eigenvalue weighted by Gasteiger charge is -2.17. The molecule has 0 amide bonds. The molecule has 23 heteroatoms. The number of rotatable bonds is 13. The number of nitriles is 2. The van der Waals surface area contributed by atoms with E-state index in [1.165, 1.54) is 32.9 Å². The van der Waals surface area contributed by atoms with Gasteiger partial charge in [0.1, 0.15) is 28.2 Å². The minimum atomic E-state index is -2.57. The molecular formula is C66H75N17O6. The van der Waals surface area contributed by atoms with Gasteiger partial charge in [0.25, 0.3) is 0 Å². The number of terminal acetylenes is 1. The van der Waals surface area contributed by atoms with Crippen LogP contribution in [0.3, 0.4) is 0 Å². The van der Waals surface area contributed by atoms with Crippen LogP contribution in [0.1, 0.15) is 150 Å². The third-order valence-corrected chi connectivity index (χ3v) is 12.2. The number of nitrogen functional groups attached to an aromatic ring is 2. The Hall–Kier alpha value is -10.7. The highest BCUT2D eigenvalue weighted by Gasteiger charge is 2.20. The van der Waals surface area contributed by atoms with E-state index in [4.69, 9.17) is 47.1 Å². The van der Waals surface area contributed by atoms with Crippen molar-refractivity contribution in [3.05, 3.63) is 218 Å². The zero-order valence-corrected chi connectivity index (χ0v) is 48.6. The second kappa shape index (κ2) is 33.3. The van der Waals surface area contributed by atoms with Crippen molar-refractivity contribution in [2.24, 2.45) is 5.11 Å². The molecule has 23 nitrogen and oxygen atoms in total. The van der Waals surface area contributed by atoms with Crippen molar-refractivity contribution >= 4 is 17.7 Å². The third kappa shape index (κ3) is 21.7. The van der Waals surface area contributed by atoms with Crippen molar-refractivity contribution in [2.45, 2.75) is 120 Å². The Bertz CT molecular complexity index is 4280. The molecule has 0 aliphatic heterocycles. The molecule has 460 valence electrons. The van der Waals surface area contributed by atoms with E-state index >= 15 is 0 Å². The SMILES string of the molecule is C.C.C#Cc1cc(-c2cccc(C#N)c2C)nc(N)n1.CC(=O)c1cccc(CO)n1.Cc1c(C#N)cccc1-c1cc(-c2cnn(Cc3cccc(C(C)(C)O)n3)c2)nc(N)n1.[2H]C([2H])([2H])C(C)(O)c1cccc(CN=[N+]=[N-])n1.[2H]C([2H])([2H])C(C)(O)c1cccc(CO)n1. The first-order chi connectivity index (χ1) is 43.7. The Morgan fingerprint density at radius 2 is 1.10 bits per heavy atom. The van der Waals surface area contributed by atoms with Gasteiger partial charge in [0.05, 0.1) is 107 Å². The standard InChI is InChI=1S/C24H23N7O.C14H10N4.C9H12N4O.C9H13NO2.C8H9NO2.2CH4/c1-15-16(11-25)6-4-8-19(15)21-10-20(29-23(26)30-21)17-12-27-31(13-17)14-18-7-5-9-22(28-18)24(2,3)32;1-3-11-7-13(18-14(16)17-11)12-6-4-5-10(8-15)9(12)2;1-9(2,14)8-5-3-4-7(12-8)6-11-13-10;1-9(2,12)8-5-3-4-7(6-11)10-8;1-6(11)8-4-2-3-7(5-10)9-8;;/h4-10,12-13,32H,14H2,1-3H3,(H2,26,29,30);1,4-7H,2H3,(H2,16,17,18);3-5,14H,6H2,1-2H3;3-5,11-12H,6H2,1-2H3;2-4,10H,5H2,1H3;2*1H4/i;;2*1D3;;;. The van der Waals surface area contributed by atoms with Gasteiger partial charge in [-0.15, -0.1) is 6.42 Å². The summed E-state index contributed by atoms with van der Waals surface area (Å²) in [6.07, 6.45) is 8.89. The van der Waals surface area contributed by atoms with Gasteiger partial charge in [-0.05, 0) is 145 Å². The zero-order chi connectivity index (χ0) is 69.1. The predicted octanol–water partition coefficient (Wildman–Crippen LogP) is 10.3. The lowest BCUT2D eigenvalue weighted by atomic mass is 10.00. The molecule has 0 saturated heterocycles. The molecule has 0 aliphatic rings. The van der Waals surface area contributed by atoms with Crippen LogP contribution in [0.15, 0.2) is 139 Å². The lowest BCUT2D eigenvalue weighted by molar-refractivity contribution is 0.0729. The van der Waals surface area contributed by atoms with E-state index in [1.54, 1.807) is 97.5 Å². The molecule has 0 radical (unpaired) electrons. The van der Waals surface area contributed by atoms with E-state index in [1.807, 2.05) is 56.4 Å². The van der Waals surface area contributed by atoms with Gasteiger partial charge in [-0.1, -0.05) is 74.4 Å². The highest BCUT2D eigenvalue weighted by molar-refractivity contribution is 5.92. The number of carbonyl (C=O) groups excluding carboxylic acids is 1. The van der Waals surface area contributed by atoms with Crippen LogP contribution in [0.4, 0.5) is 11.9 Å². The number of aliphatic hydroxyl groups excluding tert-OH is 2. The summed E-state index contributed by atoms with van der Waals surface area (Å²) in [5, 5.41) is 73.6. The average Bonchev–Trinajstić information content (AvgIpc) is 1.78. The molecule has 7 heterocycles. The maximum Gasteiger partial charge on any atom is 0.221 e. The molecule has 2 aromatic carbocycles. The number of aliphatic hydroxyl groups is 5. The number of benzene rings is 2. The second-order valence-electron chi connectivity index (χ2n) is 19.8. The Kier molecular flexibility index (Phi) is 23.5. The van der Waals surface area contributed by atoms with E-state index in [0.29, 0.717) is 68.9 Å². The molecule has 0 bridgehead atoms. The smallest absolute Gasteiger partial charge is 0.221 e. The number of anilines is 2. The number of nitrogens with two attached hydrogens (primary N) is 2. The van der Waals surface area contributed by atoms with Gasteiger partial charge in [-0.2, -0.15) is 15.6 Å². The summed E-state index contributed by atoms with van der Waals surface area (Å²) >= 11 is 0. The number of carbonyl (C=O) groups is 1. The summed E-state index contributed by atoms with van der Waals surface area (Å²) in [6.45, 7) is 5.90. The Balaban J connectivity index is 0.000000325. The Morgan fingerprint density at radius 3 is 1.60 bits per heavy atom. The van der Waals surface area contributed by atoms with Crippen molar-refractivity contribution in [1.82, 2.24) is 49.7 Å². The van der Waals surface area contributed by atoms with Crippen molar-refractivity contribution in [1.29, 1.82) is 10.5 Å². The first-order valence-corrected chi connectivity index (χ1v) is 26.3. The van der Waals surface area contributed by atoms with E-state index in [2.05, 4.69) is 73.1 Å². The minimum absolute atomic E-state index is 0. The van der Waals surface area contributed by atoms with Crippen LogP contribution in [0, 0.1) is 48.9 Å². The summed E-state index contributed by atoms with van der Waals surface area (Å²) in [5.74, 6) is 2.62. The van der Waals surface area contributed by atoms with Gasteiger partial charge in [0, 0.05) is 48.6 Å². The molecule has 0 aliphatic carbocycles. The quantitative estimate of drug-likeness (QED) is 0.0185. The maximum atomic E-state index is 10.8. The van der Waals surface area contributed by atoms with Crippen LogP contribution in [0.25, 0.3) is 44.2 Å². The van der Waals surface area contributed by atoms with Crippen LogP contribution in [0.2, 0.25) is 0 Å². The monoisotopic (exact) mass is 1210 g/mol. The van der Waals surface area contributed by atoms with E-state index < -0.39 is 30.5 Å². The first-order valence-electron chi connectivity index (χ1n) is 29.3. The fourth-order valence-corrected chi connectivity index (χ4v) is 7.70. The van der Waals surface area contributed by atoms with Crippen molar-refractivity contribution in [2.75, 3.05) is 11.5 Å². The largest absolute Gasteiger partial charge is 0.390 e. The summed E-state index contributed by atoms with van der Waals surface area (Å²) in [7, 11) is 0. The maximum absolute atomic E-state index is 10.8. The van der Waals surface area contributed by atoms with Gasteiger partial charge in [0.2, 0.25) is 11.9 Å². The number of nitrogens with zero attached hydrogens (tertiary/aromatic N) is 15. The first kappa shape index (κ1) is 62.8. The molecule has 9 N–H and O–H groups in total. The molecule has 0 saturated carbocycles. The fourth-order valence-electron chi connectivity index (χ4n) is 7.70. The predicted molar refractivity (Wildman–Crippen MR) is 342 cm³/mol. The number of aromatic nitrogens is 10. The molecule has 9 rings (SSSR count). The molecule has 0 fully saturated rings. The normalized spacial score (nSPS) is 12.8. The highest BCUT2D eigenvalue weighted by Crippen LogP contribution is 2.29. The summed E-state index contributed by atoms with van der Waals surface area (Å²) in [4.78, 5) is 46.4. The lowest BCUT2D eigenvalue weighted by Crippen LogP contribution is -2.18. The molecule has 7 aromatic heterocycles. The molecule has 2 atom stereocenters. The van der Waals surface area contributed by atoms with Gasteiger partial charge in [-0.3, -0.25) is 24.4 Å². The topological polar surface area (TPSA) is 388 Å². The Morgan fingerprint density at radius 1 is 0.652 bits per heavy atom. The Labute approximate surface area is 527 Å². The molecule has 89 heavy (non-hydrogen) atoms. The van der Waals surface area contributed by atoms with Gasteiger partial charge < -0.3 is 37.0 Å². The van der Waals surface area contributed by atoms with Crippen LogP contribution >= 0.6 is 0 Å². The van der Waals surface area contributed by atoms with Gasteiger partial charge >= 0.3 is 0 Å². The fraction of sp³-hybridized carbons (Fsp3) is 0.273. The number of pyridine rings is 4. The number of Topliss-reactive ketones (excluding diaryl/α,β-unsaturated/α-hetero) is 1. The molecular weight excluding hydrogens is 1130 g/mol. The van der Waals surface area contributed by atoms with Crippen LogP contribution < -0.4 is 11.5 Å². The minimum Gasteiger partial charge on any atom is -0.390 e. The number of azide groups is 1. The van der Waals surface area contributed by atoms with Gasteiger partial charge in [0.15, 0.2) is 5.78 Å². The number of ketones is 1. The van der Waals surface area contributed by atoms with Crippen molar-refractivity contribution in [3.63, 3.8) is 0 Å². The molecule has 0 spiro atoms. The third-order valence-electron chi connectivity index (χ3n) is 12.2. The average molecular weight is 1210 g/mol. The van der Waals surface area contributed by atoms with Crippen LogP contribution in [-0.4, -0.2) is 81.0 Å². The summed E-state index contributed by atoms with van der Waals surface area (Å²) < 4.78 is 45.0. The van der Waals surface area contributed by atoms with E-state index in [9.17, 15) is 25.4 Å². The van der Waals surface area contributed by atoms with Gasteiger partial charge in [-0.25, -0.2) is 24.9 Å². The van der Waals surface area contributed by atoms with E-state index in [0.717, 1.165) is 33.5 Å². The number of hydrogen-bond donors (Lipinski definition) is 7. The second-order valence-corrected chi connectivity index (χ2v) is 19.8. The molecule has 9 aromatic rings. The van der Waals surface area contributed by atoms with Crippen molar-refractivity contribution < 1.29 is 38.6 Å². The summed E-state index contributed by atoms with van der Waals surface area (Å²) in [6, 6.07) is 38.5. The summed E-state index contributed by atoms with van der Waals surface area (Å²) in [5.41, 5.74) is 25.5. The number of hydrogen-bond acceptors (Lipinski definition) is 20. The highest BCUT2D eigenvalue weighted by atomic mass is 16.3. The van der Waals surface area contributed by atoms with E-state index in [-0.39, 0.29) is 63.7 Å². The van der Waals surface area contributed by atoms with Crippen LogP contribution in [0.5, 0.6) is 0 Å². The van der Waals surface area contributed by atoms with Crippen LogP contribution in [-0.2, 0) is 43.1 Å². The van der Waals surface area contributed by atoms with Crippen molar-refractivity contribution in [3.8, 4) is 58.3 Å².